The Morgan fingerprint density at radius 2 is 2.08 bits per heavy atom. The molecule has 2 N–H and O–H groups in total. The number of fused-ring (bicyclic) bond motifs is 2. The first-order valence-electron chi connectivity index (χ1n) is 8.51. The highest BCUT2D eigenvalue weighted by atomic mass is 19.1. The zero-order valence-corrected chi connectivity index (χ0v) is 14.1. The molecule has 3 heterocycles. The molecule has 0 saturated carbocycles. The minimum atomic E-state index is -0.408. The molecule has 1 aromatic carbocycles. The molecule has 0 atom stereocenters. The summed E-state index contributed by atoms with van der Waals surface area (Å²) in [5.74, 6) is 0.526. The van der Waals surface area contributed by atoms with Crippen molar-refractivity contribution in [3.8, 4) is 0 Å². The zero-order chi connectivity index (χ0) is 17.9. The van der Waals surface area contributed by atoms with Gasteiger partial charge >= 0.3 is 0 Å². The lowest BCUT2D eigenvalue weighted by atomic mass is 10.2. The Labute approximate surface area is 148 Å². The van der Waals surface area contributed by atoms with Gasteiger partial charge in [0.15, 0.2) is 11.1 Å². The second-order valence-corrected chi connectivity index (χ2v) is 6.17. The van der Waals surface area contributed by atoms with Gasteiger partial charge in [0.25, 0.3) is 0 Å². The molecule has 0 aliphatic carbocycles. The van der Waals surface area contributed by atoms with E-state index in [0.717, 1.165) is 36.6 Å². The third-order valence-electron chi connectivity index (χ3n) is 4.30. The predicted octanol–water partition coefficient (Wildman–Crippen LogP) is 2.43. The van der Waals surface area contributed by atoms with Gasteiger partial charge in [0, 0.05) is 41.8 Å². The number of nitrogens with zero attached hydrogens (tertiary/aromatic N) is 3. The molecule has 7 heteroatoms. The minimum Gasteiger partial charge on any atom is -0.357 e. The first-order valence-corrected chi connectivity index (χ1v) is 8.51. The average molecular weight is 351 g/mol. The normalized spacial score (nSPS) is 11.4. The first kappa shape index (κ1) is 16.4. The van der Waals surface area contributed by atoms with E-state index >= 15 is 0 Å². The lowest BCUT2D eigenvalue weighted by Crippen LogP contribution is -2.18. The number of H-pyrrole nitrogens is 1. The van der Waals surface area contributed by atoms with E-state index in [4.69, 9.17) is 0 Å². The standard InChI is InChI=1S/C19H18FN5O/c20-13-6-7-16-15(10-13)17(26)11-14(22-16)12-21-8-3-5-19-24-23-18-4-1-2-9-25(18)19/h1-2,4,6-7,9-11,21H,3,5,8,12H2,(H,22,26). The quantitative estimate of drug-likeness (QED) is 0.523. The van der Waals surface area contributed by atoms with Crippen LogP contribution in [0.25, 0.3) is 16.6 Å². The van der Waals surface area contributed by atoms with Crippen molar-refractivity contribution in [1.29, 1.82) is 0 Å². The largest absolute Gasteiger partial charge is 0.357 e. The van der Waals surface area contributed by atoms with Gasteiger partial charge in [-0.15, -0.1) is 10.2 Å². The van der Waals surface area contributed by atoms with Gasteiger partial charge in [-0.3, -0.25) is 9.20 Å². The van der Waals surface area contributed by atoms with Crippen LogP contribution < -0.4 is 10.7 Å². The second kappa shape index (κ2) is 7.05. The van der Waals surface area contributed by atoms with Crippen molar-refractivity contribution in [2.45, 2.75) is 19.4 Å². The van der Waals surface area contributed by atoms with Gasteiger partial charge in [-0.25, -0.2) is 4.39 Å². The molecule has 4 rings (SSSR count). The summed E-state index contributed by atoms with van der Waals surface area (Å²) in [4.78, 5) is 15.3. The smallest absolute Gasteiger partial charge is 0.189 e. The van der Waals surface area contributed by atoms with Crippen LogP contribution in [0, 0.1) is 5.82 Å². The third kappa shape index (κ3) is 3.34. The molecule has 0 radical (unpaired) electrons. The molecule has 132 valence electrons. The maximum absolute atomic E-state index is 13.2. The third-order valence-corrected chi connectivity index (χ3v) is 4.30. The van der Waals surface area contributed by atoms with Gasteiger partial charge in [0.2, 0.25) is 0 Å². The summed E-state index contributed by atoms with van der Waals surface area (Å²) < 4.78 is 15.2. The molecule has 4 aromatic rings. The molecule has 6 nitrogen and oxygen atoms in total. The lowest BCUT2D eigenvalue weighted by Gasteiger charge is -2.06. The van der Waals surface area contributed by atoms with Crippen LogP contribution in [-0.4, -0.2) is 26.1 Å². The maximum atomic E-state index is 13.2. The SMILES string of the molecule is O=c1cc(CNCCCc2nnc3ccccn23)[nH]c2ccc(F)cc12. The van der Waals surface area contributed by atoms with E-state index in [1.807, 2.05) is 28.8 Å². The van der Waals surface area contributed by atoms with Crippen LogP contribution in [0.5, 0.6) is 0 Å². The summed E-state index contributed by atoms with van der Waals surface area (Å²) in [6, 6.07) is 11.5. The van der Waals surface area contributed by atoms with Crippen molar-refractivity contribution in [1.82, 2.24) is 24.9 Å². The Balaban J connectivity index is 1.34. The Hall–Kier alpha value is -3.06. The Kier molecular flexibility index (Phi) is 4.45. The van der Waals surface area contributed by atoms with Crippen LogP contribution in [-0.2, 0) is 13.0 Å². The van der Waals surface area contributed by atoms with Crippen molar-refractivity contribution in [2.75, 3.05) is 6.54 Å². The van der Waals surface area contributed by atoms with E-state index in [-0.39, 0.29) is 5.43 Å². The molecular weight excluding hydrogens is 333 g/mol. The predicted molar refractivity (Wildman–Crippen MR) is 97.5 cm³/mol. The monoisotopic (exact) mass is 351 g/mol. The number of benzene rings is 1. The Bertz CT molecular complexity index is 1120. The van der Waals surface area contributed by atoms with E-state index in [9.17, 15) is 9.18 Å². The molecule has 0 bridgehead atoms. The summed E-state index contributed by atoms with van der Waals surface area (Å²) in [5.41, 5.74) is 2.10. The summed E-state index contributed by atoms with van der Waals surface area (Å²) in [6.07, 6.45) is 3.67. The lowest BCUT2D eigenvalue weighted by molar-refractivity contribution is 0.627. The van der Waals surface area contributed by atoms with Gasteiger partial charge in [-0.1, -0.05) is 6.07 Å². The Morgan fingerprint density at radius 1 is 1.15 bits per heavy atom. The molecule has 26 heavy (non-hydrogen) atoms. The van der Waals surface area contributed by atoms with E-state index in [1.54, 1.807) is 6.07 Å². The summed E-state index contributed by atoms with van der Waals surface area (Å²) in [5, 5.41) is 12.0. The number of hydrogen-bond acceptors (Lipinski definition) is 4. The van der Waals surface area contributed by atoms with Gasteiger partial charge in [0.05, 0.1) is 0 Å². The number of rotatable bonds is 6. The van der Waals surface area contributed by atoms with E-state index < -0.39 is 5.82 Å². The molecule has 0 amide bonds. The second-order valence-electron chi connectivity index (χ2n) is 6.17. The molecular formula is C19H18FN5O. The molecule has 0 spiro atoms. The van der Waals surface area contributed by atoms with Crippen molar-refractivity contribution >= 4 is 16.6 Å². The molecule has 0 aliphatic heterocycles. The van der Waals surface area contributed by atoms with Crippen LogP contribution in [0.4, 0.5) is 4.39 Å². The average Bonchev–Trinajstić information content (AvgIpc) is 3.05. The van der Waals surface area contributed by atoms with Crippen LogP contribution in [0.15, 0.2) is 53.5 Å². The molecule has 0 saturated heterocycles. The van der Waals surface area contributed by atoms with Crippen LogP contribution in [0.1, 0.15) is 17.9 Å². The molecule has 0 unspecified atom stereocenters. The molecule has 0 fully saturated rings. The van der Waals surface area contributed by atoms with Crippen LogP contribution >= 0.6 is 0 Å². The van der Waals surface area contributed by atoms with Crippen LogP contribution in [0.3, 0.4) is 0 Å². The number of halogens is 1. The Morgan fingerprint density at radius 3 is 3.00 bits per heavy atom. The number of hydrogen-bond donors (Lipinski definition) is 2. The summed E-state index contributed by atoms with van der Waals surface area (Å²) >= 11 is 0. The minimum absolute atomic E-state index is 0.176. The zero-order valence-electron chi connectivity index (χ0n) is 14.1. The summed E-state index contributed by atoms with van der Waals surface area (Å²) in [6.45, 7) is 1.33. The fraction of sp³-hybridized carbons (Fsp3) is 0.211. The highest BCUT2D eigenvalue weighted by Crippen LogP contribution is 2.10. The van der Waals surface area contributed by atoms with Gasteiger partial charge < -0.3 is 10.3 Å². The number of aromatic nitrogens is 4. The van der Waals surface area contributed by atoms with Gasteiger partial charge in [-0.05, 0) is 43.3 Å². The fourth-order valence-corrected chi connectivity index (χ4v) is 3.03. The number of aromatic amines is 1. The van der Waals surface area contributed by atoms with Crippen molar-refractivity contribution in [3.63, 3.8) is 0 Å². The number of aryl methyl sites for hydroxylation is 1. The number of nitrogens with one attached hydrogen (secondary N) is 2. The maximum Gasteiger partial charge on any atom is 0.189 e. The van der Waals surface area contributed by atoms with E-state index in [0.29, 0.717) is 17.4 Å². The van der Waals surface area contributed by atoms with Gasteiger partial charge in [-0.2, -0.15) is 0 Å². The topological polar surface area (TPSA) is 75.1 Å². The van der Waals surface area contributed by atoms with E-state index in [2.05, 4.69) is 20.5 Å². The van der Waals surface area contributed by atoms with Crippen molar-refractivity contribution < 1.29 is 4.39 Å². The van der Waals surface area contributed by atoms with Gasteiger partial charge in [0.1, 0.15) is 11.6 Å². The van der Waals surface area contributed by atoms with Crippen molar-refractivity contribution in [2.24, 2.45) is 0 Å². The molecule has 0 aliphatic rings. The van der Waals surface area contributed by atoms with Crippen molar-refractivity contribution in [3.05, 3.63) is 76.2 Å². The van der Waals surface area contributed by atoms with E-state index in [1.165, 1.54) is 18.2 Å². The highest BCUT2D eigenvalue weighted by molar-refractivity contribution is 5.78. The highest BCUT2D eigenvalue weighted by Gasteiger charge is 2.05. The summed E-state index contributed by atoms with van der Waals surface area (Å²) in [7, 11) is 0. The molecule has 3 aromatic heterocycles. The number of pyridine rings is 2. The first-order chi connectivity index (χ1) is 12.7. The fourth-order valence-electron chi connectivity index (χ4n) is 3.03. The van der Waals surface area contributed by atoms with Crippen LogP contribution in [0.2, 0.25) is 0 Å².